The van der Waals surface area contributed by atoms with Gasteiger partial charge in [-0.15, -0.1) is 0 Å². The number of nitrogens with one attached hydrogen (secondary N) is 4. The molecule has 0 radical (unpaired) electrons. The number of aliphatic hydroxyl groups excluding tert-OH is 2. The molecule has 95 heavy (non-hydrogen) atoms. The molecule has 4 unspecified atom stereocenters. The summed E-state index contributed by atoms with van der Waals surface area (Å²) in [4.78, 5) is 98.5. The number of phosphoric acid groups is 2. The summed E-state index contributed by atoms with van der Waals surface area (Å²) in [5.74, 6) is -2.83. The van der Waals surface area contributed by atoms with Gasteiger partial charge in [0.1, 0.15) is 11.9 Å². The van der Waals surface area contributed by atoms with Crippen LogP contribution in [0.15, 0.2) is 12.2 Å². The van der Waals surface area contributed by atoms with E-state index in [2.05, 4.69) is 68.0 Å². The number of rotatable bonds is 71. The SMILES string of the molecule is CCCCCCC=CCCCC(=O)O[C@H](CCCCCCC)CC(=O)NC(COCC[C@H](O)CCCCCCC)COP(=O)(O)OCCNC(=O)CCC(=O)NCCOP(=O)(O)OCC(COCC[C@H](O)CCCCCCC)NC(=O)CC(=O)CCCCCCCCCCC. The Morgan fingerprint density at radius 2 is 0.789 bits per heavy atom. The van der Waals surface area contributed by atoms with Crippen molar-refractivity contribution < 1.29 is 90.2 Å². The van der Waals surface area contributed by atoms with E-state index in [1.165, 1.54) is 51.4 Å². The van der Waals surface area contributed by atoms with Gasteiger partial charge in [-0.05, 0) is 70.6 Å². The smallest absolute Gasteiger partial charge is 0.462 e. The molecular weight excluding hydrogens is 1260 g/mol. The quantitative estimate of drug-likeness (QED) is 0.00922. The first-order chi connectivity index (χ1) is 45.8. The molecule has 7 atom stereocenters. The first-order valence-electron chi connectivity index (χ1n) is 37.0. The van der Waals surface area contributed by atoms with Crippen molar-refractivity contribution >= 4 is 51.0 Å². The van der Waals surface area contributed by atoms with Gasteiger partial charge in [-0.1, -0.05) is 207 Å². The predicted molar refractivity (Wildman–Crippen MR) is 373 cm³/mol. The Morgan fingerprint density at radius 1 is 0.400 bits per heavy atom. The van der Waals surface area contributed by atoms with Crippen LogP contribution in [0.5, 0.6) is 0 Å². The summed E-state index contributed by atoms with van der Waals surface area (Å²) in [7, 11) is -9.49. The molecule has 0 aliphatic heterocycles. The van der Waals surface area contributed by atoms with E-state index in [1.807, 2.05) is 0 Å². The van der Waals surface area contributed by atoms with Gasteiger partial charge in [0.2, 0.25) is 23.6 Å². The summed E-state index contributed by atoms with van der Waals surface area (Å²) >= 11 is 0. The number of aliphatic hydroxyl groups is 2. The molecule has 0 saturated carbocycles. The maximum atomic E-state index is 13.6. The number of phosphoric ester groups is 2. The van der Waals surface area contributed by atoms with Crippen LogP contribution in [-0.2, 0) is 70.2 Å². The Balaban J connectivity index is 5.29. The van der Waals surface area contributed by atoms with Gasteiger partial charge in [-0.3, -0.25) is 46.9 Å². The standard InChI is InChI=1S/C70H134N4O19P2/c1-6-11-16-21-23-25-27-32-36-41-64(77)54-68(80)73-60(56-87-50-46-62(75)39-34-29-18-13-8-3)58-91-94(83,84)89-52-48-71-66(78)44-45-67(79)72-49-53-90-95(85,86)92-59-61(57-88-51-47-63(76)40-35-30-19-14-9-4)74-69(81)55-65(42-37-31-20-15-10-5)93-70(82)43-38-33-28-26-24-22-17-12-7-2/h26,28,60-63,65,75-76H,6-25,27,29-59H2,1-5H3,(H,71,78)(H,72,79)(H,73,80)(H,74,81)(H,83,84)(H,85,86)/t60?,61?,62-,63-,65-/m1/s1. The Morgan fingerprint density at radius 3 is 1.24 bits per heavy atom. The van der Waals surface area contributed by atoms with Crippen LogP contribution >= 0.6 is 15.6 Å². The fraction of sp³-hybridized carbons (Fsp3) is 0.886. The van der Waals surface area contributed by atoms with Crippen LogP contribution < -0.4 is 21.3 Å². The fourth-order valence-corrected chi connectivity index (χ4v) is 11.9. The van der Waals surface area contributed by atoms with Crippen molar-refractivity contribution in [3.05, 3.63) is 12.2 Å². The van der Waals surface area contributed by atoms with Crippen LogP contribution in [0.4, 0.5) is 0 Å². The summed E-state index contributed by atoms with van der Waals surface area (Å²) in [5, 5.41) is 31.4. The van der Waals surface area contributed by atoms with E-state index in [1.54, 1.807) is 0 Å². The maximum Gasteiger partial charge on any atom is 0.472 e. The zero-order valence-electron chi connectivity index (χ0n) is 59.6. The third-order valence-electron chi connectivity index (χ3n) is 16.1. The van der Waals surface area contributed by atoms with Crippen LogP contribution in [0.1, 0.15) is 304 Å². The molecular formula is C70H134N4O19P2. The second-order valence-electron chi connectivity index (χ2n) is 25.4. The van der Waals surface area contributed by atoms with Crippen LogP contribution in [0, 0.1) is 0 Å². The largest absolute Gasteiger partial charge is 0.472 e. The molecule has 23 nitrogen and oxygen atoms in total. The number of Topliss-reactive ketones (excluding diaryl/α,β-unsaturated/α-hetero) is 1. The van der Waals surface area contributed by atoms with Gasteiger partial charge in [-0.25, -0.2) is 9.13 Å². The molecule has 0 bridgehead atoms. The number of esters is 1. The third kappa shape index (κ3) is 62.8. The molecule has 8 N–H and O–H groups in total. The molecule has 25 heteroatoms. The molecule has 0 heterocycles. The van der Waals surface area contributed by atoms with Gasteiger partial charge < -0.3 is 55.5 Å². The van der Waals surface area contributed by atoms with Crippen LogP contribution in [0.25, 0.3) is 0 Å². The highest BCUT2D eigenvalue weighted by atomic mass is 31.2. The molecule has 0 aliphatic rings. The summed E-state index contributed by atoms with van der Waals surface area (Å²) in [6.07, 6.45) is 36.7. The molecule has 558 valence electrons. The summed E-state index contributed by atoms with van der Waals surface area (Å²) in [6, 6.07) is -1.88. The second-order valence-corrected chi connectivity index (χ2v) is 28.3. The van der Waals surface area contributed by atoms with Crippen molar-refractivity contribution in [3.63, 3.8) is 0 Å². The number of ketones is 1. The number of allylic oxidation sites excluding steroid dienone is 2. The Hall–Kier alpha value is -3.18. The molecule has 4 amide bonds. The van der Waals surface area contributed by atoms with Crippen LogP contribution in [-0.4, -0.2) is 152 Å². The molecule has 0 aromatic heterocycles. The van der Waals surface area contributed by atoms with Crippen LogP contribution in [0.3, 0.4) is 0 Å². The number of hydrogen-bond donors (Lipinski definition) is 8. The Bertz CT molecular complexity index is 2040. The van der Waals surface area contributed by atoms with Gasteiger partial charge in [0, 0.05) is 52.0 Å². The topological polar surface area (TPSA) is 330 Å². The minimum atomic E-state index is -4.76. The number of carbonyl (C=O) groups excluding carboxylic acids is 6. The van der Waals surface area contributed by atoms with E-state index in [4.69, 9.17) is 32.3 Å². The van der Waals surface area contributed by atoms with E-state index < -0.39 is 96.1 Å². The van der Waals surface area contributed by atoms with Crippen molar-refractivity contribution in [3.8, 4) is 0 Å². The number of carbonyl (C=O) groups is 6. The minimum absolute atomic E-state index is 0.132. The monoisotopic (exact) mass is 1400 g/mol. The van der Waals surface area contributed by atoms with Gasteiger partial charge in [-0.2, -0.15) is 0 Å². The highest BCUT2D eigenvalue weighted by Gasteiger charge is 2.28. The number of hydrogen-bond acceptors (Lipinski definition) is 17. The Kier molecular flexibility index (Phi) is 62.1. The van der Waals surface area contributed by atoms with Gasteiger partial charge in [0.15, 0.2) is 0 Å². The number of amides is 4. The molecule has 0 aromatic rings. The summed E-state index contributed by atoms with van der Waals surface area (Å²) in [5.41, 5.74) is 0. The van der Waals surface area contributed by atoms with E-state index in [-0.39, 0.29) is 89.8 Å². The first kappa shape index (κ1) is 91.8. The van der Waals surface area contributed by atoms with E-state index in [0.29, 0.717) is 44.9 Å². The predicted octanol–water partition coefficient (Wildman–Crippen LogP) is 13.7. The van der Waals surface area contributed by atoms with E-state index in [0.717, 1.165) is 135 Å². The molecule has 0 aliphatic carbocycles. The second kappa shape index (κ2) is 64.2. The van der Waals surface area contributed by atoms with E-state index in [9.17, 15) is 57.9 Å². The number of unbranched alkanes of at least 4 members (excludes halogenated alkanes) is 25. The van der Waals surface area contributed by atoms with Crippen molar-refractivity contribution in [1.82, 2.24) is 21.3 Å². The Labute approximate surface area is 572 Å². The zero-order valence-corrected chi connectivity index (χ0v) is 61.4. The van der Waals surface area contributed by atoms with E-state index >= 15 is 0 Å². The van der Waals surface area contributed by atoms with Gasteiger partial charge in [0.25, 0.3) is 0 Å². The zero-order chi connectivity index (χ0) is 70.3. The molecule has 0 fully saturated rings. The molecule has 0 aromatic carbocycles. The lowest BCUT2D eigenvalue weighted by Crippen LogP contribution is -2.43. The fourth-order valence-electron chi connectivity index (χ4n) is 10.3. The van der Waals surface area contributed by atoms with Crippen LogP contribution in [0.2, 0.25) is 0 Å². The average Bonchev–Trinajstić information content (AvgIpc) is 1.40. The lowest BCUT2D eigenvalue weighted by molar-refractivity contribution is -0.151. The molecule has 0 saturated heterocycles. The molecule has 0 rings (SSSR count). The third-order valence-corrected chi connectivity index (χ3v) is 18.0. The van der Waals surface area contributed by atoms with Crippen molar-refractivity contribution in [2.75, 3.05) is 65.9 Å². The van der Waals surface area contributed by atoms with Crippen molar-refractivity contribution in [2.45, 2.75) is 335 Å². The van der Waals surface area contributed by atoms with Crippen molar-refractivity contribution in [2.24, 2.45) is 0 Å². The van der Waals surface area contributed by atoms with Gasteiger partial charge in [0.05, 0.1) is 76.8 Å². The summed E-state index contributed by atoms with van der Waals surface area (Å²) < 4.78 is 64.0. The highest BCUT2D eigenvalue weighted by Crippen LogP contribution is 2.43. The summed E-state index contributed by atoms with van der Waals surface area (Å²) in [6.45, 7) is 8.41. The lowest BCUT2D eigenvalue weighted by Gasteiger charge is -2.23. The first-order valence-corrected chi connectivity index (χ1v) is 40.0. The average molecular weight is 1400 g/mol. The van der Waals surface area contributed by atoms with Gasteiger partial charge >= 0.3 is 21.6 Å². The highest BCUT2D eigenvalue weighted by molar-refractivity contribution is 7.47. The number of ether oxygens (including phenoxy) is 3. The normalized spacial score (nSPS) is 14.5. The van der Waals surface area contributed by atoms with Crippen molar-refractivity contribution in [1.29, 1.82) is 0 Å². The lowest BCUT2D eigenvalue weighted by atomic mass is 10.0. The maximum absolute atomic E-state index is 13.6. The molecule has 0 spiro atoms. The minimum Gasteiger partial charge on any atom is -0.462 e.